The van der Waals surface area contributed by atoms with E-state index in [1.165, 1.54) is 0 Å². The molecule has 3 heteroatoms. The van der Waals surface area contributed by atoms with Crippen LogP contribution in [0.2, 0.25) is 0 Å². The minimum absolute atomic E-state index is 0.112. The monoisotopic (exact) mass is 216 g/mol. The summed E-state index contributed by atoms with van der Waals surface area (Å²) in [6, 6.07) is 0. The van der Waals surface area contributed by atoms with Gasteiger partial charge in [-0.15, -0.1) is 0 Å². The fraction of sp³-hybridized carbons (Fsp3) is 0.917. The second kappa shape index (κ2) is 5.50. The van der Waals surface area contributed by atoms with Gasteiger partial charge in [-0.2, -0.15) is 0 Å². The Bertz CT molecular complexity index is 201. The van der Waals surface area contributed by atoms with Gasteiger partial charge in [0.15, 0.2) is 0 Å². The van der Waals surface area contributed by atoms with E-state index in [0.717, 1.165) is 0 Å². The average molecular weight is 216 g/mol. The first-order valence-corrected chi connectivity index (χ1v) is 5.56. The van der Waals surface area contributed by atoms with Crippen LogP contribution in [0.25, 0.3) is 0 Å². The zero-order valence-corrected chi connectivity index (χ0v) is 10.7. The number of aliphatic hydroxyl groups is 1. The van der Waals surface area contributed by atoms with E-state index in [-0.39, 0.29) is 17.8 Å². The van der Waals surface area contributed by atoms with Gasteiger partial charge in [-0.1, -0.05) is 27.7 Å². The first-order chi connectivity index (χ1) is 6.64. The van der Waals surface area contributed by atoms with Crippen LogP contribution < -0.4 is 0 Å². The normalized spacial score (nSPS) is 14.5. The second-order valence-electron chi connectivity index (χ2n) is 5.41. The maximum absolute atomic E-state index is 11.5. The van der Waals surface area contributed by atoms with Gasteiger partial charge in [0.1, 0.15) is 6.10 Å². The van der Waals surface area contributed by atoms with Crippen LogP contribution in [-0.4, -0.2) is 22.8 Å². The van der Waals surface area contributed by atoms with Crippen LogP contribution in [0.4, 0.5) is 0 Å². The lowest BCUT2D eigenvalue weighted by atomic mass is 9.92. The van der Waals surface area contributed by atoms with Crippen molar-refractivity contribution in [3.05, 3.63) is 0 Å². The highest BCUT2D eigenvalue weighted by atomic mass is 16.6. The Morgan fingerprint density at radius 3 is 2.00 bits per heavy atom. The van der Waals surface area contributed by atoms with E-state index in [1.54, 1.807) is 13.8 Å². The maximum atomic E-state index is 11.5. The number of rotatable bonds is 5. The molecule has 0 spiro atoms. The van der Waals surface area contributed by atoms with E-state index in [2.05, 4.69) is 0 Å². The van der Waals surface area contributed by atoms with Crippen LogP contribution in [0.15, 0.2) is 0 Å². The topological polar surface area (TPSA) is 46.5 Å². The molecule has 0 radical (unpaired) electrons. The summed E-state index contributed by atoms with van der Waals surface area (Å²) < 4.78 is 5.30. The van der Waals surface area contributed by atoms with Gasteiger partial charge in [0.05, 0.1) is 5.60 Å². The van der Waals surface area contributed by atoms with Crippen molar-refractivity contribution in [3.63, 3.8) is 0 Å². The van der Waals surface area contributed by atoms with Crippen LogP contribution in [0, 0.1) is 11.8 Å². The van der Waals surface area contributed by atoms with Gasteiger partial charge in [0.25, 0.3) is 0 Å². The molecule has 0 bridgehead atoms. The lowest BCUT2D eigenvalue weighted by molar-refractivity contribution is -0.167. The molecule has 0 aliphatic heterocycles. The molecule has 0 fully saturated rings. The zero-order chi connectivity index (χ0) is 12.2. The highest BCUT2D eigenvalue weighted by Gasteiger charge is 2.33. The van der Waals surface area contributed by atoms with Crippen LogP contribution in [-0.2, 0) is 9.53 Å². The molecule has 3 nitrogen and oxygen atoms in total. The fourth-order valence-corrected chi connectivity index (χ4v) is 1.62. The quantitative estimate of drug-likeness (QED) is 0.718. The average Bonchev–Trinajstić information content (AvgIpc) is 1.95. The molecule has 1 unspecified atom stereocenters. The van der Waals surface area contributed by atoms with Crippen molar-refractivity contribution >= 4 is 5.97 Å². The second-order valence-corrected chi connectivity index (χ2v) is 5.41. The van der Waals surface area contributed by atoms with Crippen molar-refractivity contribution in [1.29, 1.82) is 0 Å². The van der Waals surface area contributed by atoms with E-state index in [9.17, 15) is 9.90 Å². The number of esters is 1. The van der Waals surface area contributed by atoms with Gasteiger partial charge >= 0.3 is 5.97 Å². The van der Waals surface area contributed by atoms with Crippen molar-refractivity contribution in [2.24, 2.45) is 11.8 Å². The standard InChI is InChI=1S/C12H24O3/c1-8(2)7-10(13)15-11(9(3)4)12(5,6)14/h8-9,11,14H,7H2,1-6H3. The van der Waals surface area contributed by atoms with Crippen molar-refractivity contribution in [2.75, 3.05) is 0 Å². The molecule has 0 amide bonds. The first-order valence-electron chi connectivity index (χ1n) is 5.56. The fourth-order valence-electron chi connectivity index (χ4n) is 1.62. The Morgan fingerprint density at radius 2 is 1.73 bits per heavy atom. The molecule has 1 atom stereocenters. The Balaban J connectivity index is 4.37. The number of ether oxygens (including phenoxy) is 1. The van der Waals surface area contributed by atoms with Gasteiger partial charge in [-0.25, -0.2) is 0 Å². The number of hydrogen-bond donors (Lipinski definition) is 1. The molecule has 1 N–H and O–H groups in total. The molecule has 0 aromatic heterocycles. The SMILES string of the molecule is CC(C)CC(=O)OC(C(C)C)C(C)(C)O. The molecule has 0 heterocycles. The summed E-state index contributed by atoms with van der Waals surface area (Å²) in [6.07, 6.45) is -0.0389. The molecular weight excluding hydrogens is 192 g/mol. The van der Waals surface area contributed by atoms with E-state index in [0.29, 0.717) is 6.42 Å². The molecule has 0 aromatic carbocycles. The Hall–Kier alpha value is -0.570. The highest BCUT2D eigenvalue weighted by Crippen LogP contribution is 2.21. The van der Waals surface area contributed by atoms with Crippen LogP contribution >= 0.6 is 0 Å². The lowest BCUT2D eigenvalue weighted by Crippen LogP contribution is -2.43. The van der Waals surface area contributed by atoms with E-state index in [4.69, 9.17) is 4.74 Å². The van der Waals surface area contributed by atoms with Gasteiger partial charge in [-0.05, 0) is 25.7 Å². The molecule has 0 aromatic rings. The maximum Gasteiger partial charge on any atom is 0.306 e. The molecular formula is C12H24O3. The summed E-state index contributed by atoms with van der Waals surface area (Å²) in [7, 11) is 0. The third-order valence-corrected chi connectivity index (χ3v) is 2.14. The van der Waals surface area contributed by atoms with Crippen LogP contribution in [0.3, 0.4) is 0 Å². The smallest absolute Gasteiger partial charge is 0.306 e. The molecule has 0 aliphatic carbocycles. The molecule has 0 saturated heterocycles. The first kappa shape index (κ1) is 14.4. The predicted octanol–water partition coefficient (Wildman–Crippen LogP) is 2.37. The largest absolute Gasteiger partial charge is 0.459 e. The third kappa shape index (κ3) is 5.78. The number of carbonyl (C=O) groups excluding carboxylic acids is 1. The molecule has 0 rings (SSSR count). The predicted molar refractivity (Wildman–Crippen MR) is 60.5 cm³/mol. The molecule has 0 saturated carbocycles. The Morgan fingerprint density at radius 1 is 1.27 bits per heavy atom. The summed E-state index contributed by atoms with van der Waals surface area (Å²) in [5.74, 6) is 0.166. The number of carbonyl (C=O) groups is 1. The molecule has 15 heavy (non-hydrogen) atoms. The van der Waals surface area contributed by atoms with Crippen LogP contribution in [0.5, 0.6) is 0 Å². The summed E-state index contributed by atoms with van der Waals surface area (Å²) in [6.45, 7) is 11.1. The Kier molecular flexibility index (Phi) is 5.29. The van der Waals surface area contributed by atoms with Gasteiger partial charge in [0.2, 0.25) is 0 Å². The van der Waals surface area contributed by atoms with Crippen molar-refractivity contribution in [3.8, 4) is 0 Å². The van der Waals surface area contributed by atoms with E-state index >= 15 is 0 Å². The van der Waals surface area contributed by atoms with Crippen LogP contribution in [0.1, 0.15) is 48.0 Å². The Labute approximate surface area is 92.8 Å². The van der Waals surface area contributed by atoms with Crippen molar-refractivity contribution in [1.82, 2.24) is 0 Å². The summed E-state index contributed by atoms with van der Waals surface area (Å²) >= 11 is 0. The summed E-state index contributed by atoms with van der Waals surface area (Å²) in [5, 5.41) is 9.85. The minimum Gasteiger partial charge on any atom is -0.459 e. The van der Waals surface area contributed by atoms with Crippen molar-refractivity contribution in [2.45, 2.75) is 59.7 Å². The zero-order valence-electron chi connectivity index (χ0n) is 10.7. The molecule has 0 aliphatic rings. The minimum atomic E-state index is -0.985. The van der Waals surface area contributed by atoms with Crippen molar-refractivity contribution < 1.29 is 14.6 Å². The summed E-state index contributed by atoms with van der Waals surface area (Å²) in [5.41, 5.74) is -0.985. The molecule has 90 valence electrons. The lowest BCUT2D eigenvalue weighted by Gasteiger charge is -2.32. The summed E-state index contributed by atoms with van der Waals surface area (Å²) in [4.78, 5) is 11.5. The third-order valence-electron chi connectivity index (χ3n) is 2.14. The highest BCUT2D eigenvalue weighted by molar-refractivity contribution is 5.69. The van der Waals surface area contributed by atoms with E-state index < -0.39 is 11.7 Å². The number of hydrogen-bond acceptors (Lipinski definition) is 3. The van der Waals surface area contributed by atoms with E-state index in [1.807, 2.05) is 27.7 Å². The van der Waals surface area contributed by atoms with Gasteiger partial charge in [-0.3, -0.25) is 4.79 Å². The van der Waals surface area contributed by atoms with Gasteiger partial charge < -0.3 is 9.84 Å². The van der Waals surface area contributed by atoms with Gasteiger partial charge in [0, 0.05) is 6.42 Å².